The topological polar surface area (TPSA) is 54.0 Å². The van der Waals surface area contributed by atoms with Gasteiger partial charge in [-0.25, -0.2) is 0 Å². The first-order valence-electron chi connectivity index (χ1n) is 30.6. The van der Waals surface area contributed by atoms with E-state index in [1.165, 1.54) is 123 Å². The second-order valence-corrected chi connectivity index (χ2v) is 28.6. The molecule has 3 aromatic carbocycles. The van der Waals surface area contributed by atoms with E-state index >= 15 is 0 Å². The van der Waals surface area contributed by atoms with Crippen LogP contribution in [0.15, 0.2) is 36.4 Å². The van der Waals surface area contributed by atoms with Crippen LogP contribution in [0.3, 0.4) is 0 Å². The third-order valence-corrected chi connectivity index (χ3v) is 18.9. The average molecular weight is 1050 g/mol. The number of benzene rings is 3. The number of ether oxygens (including phenoxy) is 1. The van der Waals surface area contributed by atoms with Crippen molar-refractivity contribution in [2.75, 3.05) is 6.61 Å². The molecule has 0 radical (unpaired) electrons. The quantitative estimate of drug-likeness (QED) is 0.0378. The number of carbonyl (C=O) groups is 1. The first-order valence-corrected chi connectivity index (χ1v) is 31.7. The normalized spacial score (nSPS) is 15.6. The summed E-state index contributed by atoms with van der Waals surface area (Å²) in [5, 5.41) is 0. The van der Waals surface area contributed by atoms with Crippen LogP contribution in [0.1, 0.15) is 329 Å². The maximum atomic E-state index is 13.3. The van der Waals surface area contributed by atoms with Crippen molar-refractivity contribution in [3.05, 3.63) is 86.5 Å². The summed E-state index contributed by atoms with van der Waals surface area (Å²) < 4.78 is 28.4. The molecule has 1 aliphatic rings. The summed E-state index contributed by atoms with van der Waals surface area (Å²) in [5.74, 6) is 2.46. The van der Waals surface area contributed by atoms with Crippen LogP contribution in [0.5, 0.6) is 17.2 Å². The molecule has 1 aliphatic heterocycles. The number of hydrogen-bond acceptors (Lipinski definition) is 5. The fourth-order valence-electron chi connectivity index (χ4n) is 10.4. The molecule has 0 atom stereocenters. The van der Waals surface area contributed by atoms with Crippen LogP contribution in [0.4, 0.5) is 0 Å². The Morgan fingerprint density at radius 2 is 0.840 bits per heavy atom. The van der Waals surface area contributed by atoms with E-state index in [9.17, 15) is 4.79 Å². The van der Waals surface area contributed by atoms with Gasteiger partial charge in [0.15, 0.2) is 0 Å². The minimum absolute atomic E-state index is 0.0136. The Hall–Kier alpha value is -3.04. The predicted molar refractivity (Wildman–Crippen MR) is 325 cm³/mol. The zero-order valence-corrected chi connectivity index (χ0v) is 53.2. The SMILES string of the molecule is CCCCCCCCCCCCCCCCCCOC(=O)CCc1cc(C(C)(C)C)c(OP2Oc3c(cc(C(C)(C)CC)cc3C(C)(C)CC)C(C)c3cc(C(C)(C)CC)cc(C(C)(C)CC)c3O2)c(C(C)(C)C)c1. The number of unbranched alkanes of at least 4 members (excludes halogenated alkanes) is 15. The van der Waals surface area contributed by atoms with Crippen molar-refractivity contribution >= 4 is 14.6 Å². The number of aryl methyl sites for hydroxylation is 1. The molecule has 75 heavy (non-hydrogen) atoms. The van der Waals surface area contributed by atoms with Crippen molar-refractivity contribution < 1.29 is 23.1 Å². The molecule has 0 spiro atoms. The average Bonchev–Trinajstić information content (AvgIpc) is 3.35. The van der Waals surface area contributed by atoms with Crippen LogP contribution in [0.25, 0.3) is 0 Å². The Morgan fingerprint density at radius 3 is 1.19 bits per heavy atom. The summed E-state index contributed by atoms with van der Waals surface area (Å²) in [7, 11) is -2.05. The smallest absolute Gasteiger partial charge is 0.466 e. The third-order valence-electron chi connectivity index (χ3n) is 17.9. The Labute approximate surface area is 464 Å². The largest absolute Gasteiger partial charge is 0.530 e. The number of fused-ring (bicyclic) bond motifs is 2. The minimum atomic E-state index is -2.05. The predicted octanol–water partition coefficient (Wildman–Crippen LogP) is 22.0. The Kier molecular flexibility index (Phi) is 24.3. The van der Waals surface area contributed by atoms with E-state index in [0.717, 1.165) is 72.5 Å². The van der Waals surface area contributed by atoms with Crippen LogP contribution >= 0.6 is 8.60 Å². The van der Waals surface area contributed by atoms with Gasteiger partial charge in [-0.1, -0.05) is 271 Å². The fraction of sp³-hybridized carbons (Fsp3) is 0.725. The van der Waals surface area contributed by atoms with Gasteiger partial charge in [0.05, 0.1) is 6.61 Å². The Bertz CT molecular complexity index is 2120. The van der Waals surface area contributed by atoms with Crippen LogP contribution in [0, 0.1) is 0 Å². The standard InChI is InChI=1S/C69H113O5P/c1-21-26-27-28-29-30-31-32-33-34-35-36-37-38-39-40-43-71-60(70)42-41-51-44-56(64(7,8)9)63(57(45-51)65(10,11)12)74-75-72-61-54(46-52(66(13,14)22-2)48-58(61)68(17,18)24-4)50(6)55-47-53(67(15,16)23-3)49-59(62(55)73-75)69(19,20)25-5/h44-50H,21-43H2,1-20H3. The van der Waals surface area contributed by atoms with Crippen molar-refractivity contribution in [2.24, 2.45) is 0 Å². The van der Waals surface area contributed by atoms with Crippen LogP contribution in [-0.2, 0) is 48.4 Å². The molecule has 0 saturated carbocycles. The fourth-order valence-corrected chi connectivity index (χ4v) is 11.5. The third kappa shape index (κ3) is 18.0. The van der Waals surface area contributed by atoms with E-state index in [1.807, 2.05) is 0 Å². The van der Waals surface area contributed by atoms with Gasteiger partial charge in [-0.2, -0.15) is 0 Å². The van der Waals surface area contributed by atoms with Crippen LogP contribution < -0.4 is 13.6 Å². The van der Waals surface area contributed by atoms with E-state index in [4.69, 9.17) is 18.3 Å². The summed E-state index contributed by atoms with van der Waals surface area (Å²) in [6.07, 6.45) is 26.1. The number of hydrogen-bond donors (Lipinski definition) is 0. The lowest BCUT2D eigenvalue weighted by molar-refractivity contribution is -0.143. The molecule has 424 valence electrons. The molecule has 0 fully saturated rings. The van der Waals surface area contributed by atoms with Gasteiger partial charge in [0.25, 0.3) is 0 Å². The van der Waals surface area contributed by atoms with E-state index in [1.54, 1.807) is 0 Å². The lowest BCUT2D eigenvalue weighted by Crippen LogP contribution is -2.26. The van der Waals surface area contributed by atoms with E-state index in [-0.39, 0.29) is 44.4 Å². The molecular formula is C69H113O5P. The zero-order chi connectivity index (χ0) is 56.0. The lowest BCUT2D eigenvalue weighted by atomic mass is 9.72. The summed E-state index contributed by atoms with van der Waals surface area (Å²) in [6, 6.07) is 14.3. The molecule has 0 unspecified atom stereocenters. The van der Waals surface area contributed by atoms with Crippen molar-refractivity contribution in [3.63, 3.8) is 0 Å². The van der Waals surface area contributed by atoms with Gasteiger partial charge in [0, 0.05) is 45.7 Å². The van der Waals surface area contributed by atoms with Gasteiger partial charge in [-0.3, -0.25) is 4.79 Å². The molecule has 0 bridgehead atoms. The molecule has 4 rings (SSSR count). The first-order chi connectivity index (χ1) is 35.1. The Balaban J connectivity index is 1.66. The minimum Gasteiger partial charge on any atom is -0.466 e. The molecule has 1 heterocycles. The maximum absolute atomic E-state index is 13.3. The summed E-state index contributed by atoms with van der Waals surface area (Å²) in [6.45, 7) is 46.8. The van der Waals surface area contributed by atoms with Crippen LogP contribution in [0.2, 0.25) is 0 Å². The van der Waals surface area contributed by atoms with Gasteiger partial charge in [0.2, 0.25) is 0 Å². The van der Waals surface area contributed by atoms with Crippen molar-refractivity contribution in [3.8, 4) is 17.2 Å². The molecule has 0 aromatic heterocycles. The molecule has 0 aliphatic carbocycles. The van der Waals surface area contributed by atoms with Crippen LogP contribution in [-0.4, -0.2) is 12.6 Å². The van der Waals surface area contributed by atoms with Gasteiger partial charge < -0.3 is 18.3 Å². The second kappa shape index (κ2) is 28.2. The van der Waals surface area contributed by atoms with E-state index < -0.39 is 8.60 Å². The summed E-state index contributed by atoms with van der Waals surface area (Å²) in [4.78, 5) is 13.3. The van der Waals surface area contributed by atoms with Gasteiger partial charge >= 0.3 is 14.6 Å². The number of esters is 1. The molecule has 3 aromatic rings. The summed E-state index contributed by atoms with van der Waals surface area (Å²) >= 11 is 0. The highest BCUT2D eigenvalue weighted by atomic mass is 31.2. The maximum Gasteiger partial charge on any atom is 0.530 e. The molecule has 0 saturated heterocycles. The highest BCUT2D eigenvalue weighted by Crippen LogP contribution is 2.58. The highest BCUT2D eigenvalue weighted by molar-refractivity contribution is 7.43. The van der Waals surface area contributed by atoms with E-state index in [0.29, 0.717) is 19.4 Å². The second-order valence-electron chi connectivity index (χ2n) is 27.6. The molecular weight excluding hydrogens is 940 g/mol. The van der Waals surface area contributed by atoms with Crippen molar-refractivity contribution in [1.82, 2.24) is 0 Å². The highest BCUT2D eigenvalue weighted by Gasteiger charge is 2.41. The van der Waals surface area contributed by atoms with E-state index in [2.05, 4.69) is 175 Å². The van der Waals surface area contributed by atoms with Gasteiger partial charge in [0.1, 0.15) is 17.2 Å². The van der Waals surface area contributed by atoms with Gasteiger partial charge in [-0.15, -0.1) is 0 Å². The first kappa shape index (κ1) is 64.5. The monoisotopic (exact) mass is 1050 g/mol. The van der Waals surface area contributed by atoms with Crippen molar-refractivity contribution in [2.45, 2.75) is 318 Å². The molecule has 5 nitrogen and oxygen atoms in total. The zero-order valence-electron chi connectivity index (χ0n) is 52.3. The number of carbonyl (C=O) groups excluding carboxylic acids is 1. The lowest BCUT2D eigenvalue weighted by Gasteiger charge is -2.38. The Morgan fingerprint density at radius 1 is 0.480 bits per heavy atom. The molecule has 0 N–H and O–H groups in total. The van der Waals surface area contributed by atoms with Gasteiger partial charge in [-0.05, 0) is 87.7 Å². The number of rotatable bonds is 30. The molecule has 0 amide bonds. The van der Waals surface area contributed by atoms with Crippen molar-refractivity contribution in [1.29, 1.82) is 0 Å². The molecule has 6 heteroatoms. The summed E-state index contributed by atoms with van der Waals surface area (Å²) in [5.41, 5.74) is 9.73.